The van der Waals surface area contributed by atoms with Gasteiger partial charge in [-0.3, -0.25) is 4.79 Å². The topological polar surface area (TPSA) is 46.6 Å². The molecule has 0 aromatic rings. The zero-order chi connectivity index (χ0) is 12.0. The molecule has 4 heteroatoms. The first-order chi connectivity index (χ1) is 7.32. The number of rotatable bonds is 0. The van der Waals surface area contributed by atoms with E-state index in [0.717, 1.165) is 19.3 Å². The molecule has 2 fully saturated rings. The lowest BCUT2D eigenvalue weighted by atomic mass is 9.94. The van der Waals surface area contributed by atoms with Crippen LogP contribution in [0.2, 0.25) is 0 Å². The second-order valence-corrected chi connectivity index (χ2v) is 5.85. The largest absolute Gasteiger partial charge is 0.444 e. The van der Waals surface area contributed by atoms with Crippen LogP contribution in [0.5, 0.6) is 0 Å². The maximum absolute atomic E-state index is 11.7. The zero-order valence-corrected chi connectivity index (χ0v) is 10.2. The van der Waals surface area contributed by atoms with Gasteiger partial charge in [0.2, 0.25) is 0 Å². The van der Waals surface area contributed by atoms with E-state index >= 15 is 0 Å². The van der Waals surface area contributed by atoms with Crippen LogP contribution in [0.15, 0.2) is 0 Å². The number of nitrogens with zero attached hydrogens (tertiary/aromatic N) is 1. The molecule has 1 aliphatic carbocycles. The van der Waals surface area contributed by atoms with Gasteiger partial charge in [0.1, 0.15) is 11.4 Å². The van der Waals surface area contributed by atoms with E-state index in [9.17, 15) is 9.59 Å². The summed E-state index contributed by atoms with van der Waals surface area (Å²) in [6.07, 6.45) is 2.08. The van der Waals surface area contributed by atoms with Crippen molar-refractivity contribution in [3.63, 3.8) is 0 Å². The van der Waals surface area contributed by atoms with Gasteiger partial charge in [-0.05, 0) is 33.6 Å². The van der Waals surface area contributed by atoms with Crippen LogP contribution < -0.4 is 0 Å². The number of piperidine rings is 1. The van der Waals surface area contributed by atoms with Crippen LogP contribution in [0.3, 0.4) is 0 Å². The summed E-state index contributed by atoms with van der Waals surface area (Å²) in [5, 5.41) is 0. The molecule has 0 atom stereocenters. The molecule has 90 valence electrons. The first kappa shape index (κ1) is 11.4. The molecule has 0 radical (unpaired) electrons. The Morgan fingerprint density at radius 3 is 2.19 bits per heavy atom. The minimum absolute atomic E-state index is 0.0570. The summed E-state index contributed by atoms with van der Waals surface area (Å²) in [6, 6.07) is 0. The Kier molecular flexibility index (Phi) is 2.48. The molecule has 2 rings (SSSR count). The predicted octanol–water partition coefficient (Wildman–Crippen LogP) is 1.98. The van der Waals surface area contributed by atoms with E-state index in [-0.39, 0.29) is 11.5 Å². The Bertz CT molecular complexity index is 322. The highest BCUT2D eigenvalue weighted by Crippen LogP contribution is 2.49. The molecule has 4 nitrogen and oxygen atoms in total. The third-order valence-corrected chi connectivity index (χ3v) is 3.34. The Morgan fingerprint density at radius 2 is 1.81 bits per heavy atom. The minimum Gasteiger partial charge on any atom is -0.444 e. The van der Waals surface area contributed by atoms with Gasteiger partial charge in [-0.1, -0.05) is 0 Å². The normalized spacial score (nSPS) is 23.4. The van der Waals surface area contributed by atoms with Crippen molar-refractivity contribution in [2.24, 2.45) is 5.41 Å². The SMILES string of the molecule is CC(C)(C)OC(=O)N1CCC2(CC1)CC2=O. The van der Waals surface area contributed by atoms with Crippen LogP contribution in [0.4, 0.5) is 4.79 Å². The summed E-state index contributed by atoms with van der Waals surface area (Å²) in [5.74, 6) is 0.372. The molecule has 0 aromatic carbocycles. The number of carbonyl (C=O) groups excluding carboxylic acids is 2. The Morgan fingerprint density at radius 1 is 1.31 bits per heavy atom. The summed E-state index contributed by atoms with van der Waals surface area (Å²) in [6.45, 7) is 6.89. The number of ketones is 1. The van der Waals surface area contributed by atoms with Crippen LogP contribution in [-0.4, -0.2) is 35.5 Å². The quantitative estimate of drug-likeness (QED) is 0.633. The van der Waals surface area contributed by atoms with Crippen LogP contribution in [0.25, 0.3) is 0 Å². The molecule has 1 spiro atoms. The van der Waals surface area contributed by atoms with Crippen molar-refractivity contribution in [2.75, 3.05) is 13.1 Å². The molecule has 1 saturated carbocycles. The zero-order valence-electron chi connectivity index (χ0n) is 10.2. The molecular formula is C12H19NO3. The van der Waals surface area contributed by atoms with Crippen molar-refractivity contribution in [3.05, 3.63) is 0 Å². The molecule has 16 heavy (non-hydrogen) atoms. The highest BCUT2D eigenvalue weighted by molar-refractivity contribution is 6.00. The Hall–Kier alpha value is -1.06. The van der Waals surface area contributed by atoms with Gasteiger partial charge in [0, 0.05) is 24.9 Å². The number of amides is 1. The molecule has 0 N–H and O–H groups in total. The summed E-state index contributed by atoms with van der Waals surface area (Å²) < 4.78 is 5.29. The van der Waals surface area contributed by atoms with E-state index in [4.69, 9.17) is 4.74 Å². The Labute approximate surface area is 95.9 Å². The number of hydrogen-bond acceptors (Lipinski definition) is 3. The van der Waals surface area contributed by atoms with Crippen molar-refractivity contribution in [1.82, 2.24) is 4.90 Å². The van der Waals surface area contributed by atoms with Gasteiger partial charge < -0.3 is 9.64 Å². The fourth-order valence-electron chi connectivity index (χ4n) is 2.16. The third kappa shape index (κ3) is 2.20. The molecule has 2 aliphatic rings. The van der Waals surface area contributed by atoms with Gasteiger partial charge >= 0.3 is 6.09 Å². The van der Waals surface area contributed by atoms with Gasteiger partial charge in [0.25, 0.3) is 0 Å². The Balaban J connectivity index is 1.85. The number of likely N-dealkylation sites (tertiary alicyclic amines) is 1. The van der Waals surface area contributed by atoms with E-state index in [0.29, 0.717) is 18.9 Å². The highest BCUT2D eigenvalue weighted by Gasteiger charge is 2.54. The van der Waals surface area contributed by atoms with E-state index in [1.165, 1.54) is 0 Å². The van der Waals surface area contributed by atoms with E-state index in [2.05, 4.69) is 0 Å². The average molecular weight is 225 g/mol. The van der Waals surface area contributed by atoms with Gasteiger partial charge in [-0.15, -0.1) is 0 Å². The smallest absolute Gasteiger partial charge is 0.410 e. The first-order valence-corrected chi connectivity index (χ1v) is 5.84. The van der Waals surface area contributed by atoms with Crippen LogP contribution in [0.1, 0.15) is 40.0 Å². The summed E-state index contributed by atoms with van der Waals surface area (Å²) in [7, 11) is 0. The number of hydrogen-bond donors (Lipinski definition) is 0. The lowest BCUT2D eigenvalue weighted by molar-refractivity contribution is -0.113. The summed E-state index contributed by atoms with van der Waals surface area (Å²) >= 11 is 0. The molecule has 1 amide bonds. The number of carbonyl (C=O) groups is 2. The second kappa shape index (κ2) is 3.47. The lowest BCUT2D eigenvalue weighted by Crippen LogP contribution is -2.42. The van der Waals surface area contributed by atoms with Gasteiger partial charge in [0.05, 0.1) is 0 Å². The van der Waals surface area contributed by atoms with Crippen LogP contribution in [-0.2, 0) is 9.53 Å². The maximum atomic E-state index is 11.7. The van der Waals surface area contributed by atoms with Gasteiger partial charge in [0.15, 0.2) is 0 Å². The second-order valence-electron chi connectivity index (χ2n) is 5.85. The fourth-order valence-corrected chi connectivity index (χ4v) is 2.16. The maximum Gasteiger partial charge on any atom is 0.410 e. The van der Waals surface area contributed by atoms with E-state index in [1.807, 2.05) is 20.8 Å². The standard InChI is InChI=1S/C12H19NO3/c1-11(2,3)16-10(15)13-6-4-12(5-7-13)8-9(12)14/h4-8H2,1-3H3. The number of ether oxygens (including phenoxy) is 1. The molecule has 0 unspecified atom stereocenters. The molecule has 1 saturated heterocycles. The number of Topliss-reactive ketones (excluding diaryl/α,β-unsaturated/α-hetero) is 1. The fraction of sp³-hybridized carbons (Fsp3) is 0.833. The van der Waals surface area contributed by atoms with Crippen LogP contribution in [0, 0.1) is 5.41 Å². The van der Waals surface area contributed by atoms with Crippen LogP contribution >= 0.6 is 0 Å². The lowest BCUT2D eigenvalue weighted by Gasteiger charge is -2.32. The highest BCUT2D eigenvalue weighted by atomic mass is 16.6. The molecule has 0 bridgehead atoms. The van der Waals surface area contributed by atoms with Gasteiger partial charge in [-0.2, -0.15) is 0 Å². The van der Waals surface area contributed by atoms with Crippen molar-refractivity contribution >= 4 is 11.9 Å². The van der Waals surface area contributed by atoms with Crippen molar-refractivity contribution in [2.45, 2.75) is 45.6 Å². The molecule has 1 aliphatic heterocycles. The van der Waals surface area contributed by atoms with E-state index < -0.39 is 5.60 Å². The molecule has 0 aromatic heterocycles. The monoisotopic (exact) mass is 225 g/mol. The third-order valence-electron chi connectivity index (χ3n) is 3.34. The first-order valence-electron chi connectivity index (χ1n) is 5.84. The predicted molar refractivity (Wildman–Crippen MR) is 59.1 cm³/mol. The summed E-state index contributed by atoms with van der Waals surface area (Å²) in [4.78, 5) is 24.7. The van der Waals surface area contributed by atoms with E-state index in [1.54, 1.807) is 4.90 Å². The average Bonchev–Trinajstić information content (AvgIpc) is 2.74. The van der Waals surface area contributed by atoms with Gasteiger partial charge in [-0.25, -0.2) is 4.79 Å². The van der Waals surface area contributed by atoms with Crippen molar-refractivity contribution in [1.29, 1.82) is 0 Å². The minimum atomic E-state index is -0.443. The molecular weight excluding hydrogens is 206 g/mol. The summed E-state index contributed by atoms with van der Waals surface area (Å²) in [5.41, 5.74) is -0.500. The van der Waals surface area contributed by atoms with Crippen molar-refractivity contribution in [3.8, 4) is 0 Å². The van der Waals surface area contributed by atoms with Crippen molar-refractivity contribution < 1.29 is 14.3 Å². The molecule has 1 heterocycles.